The number of likely N-dealkylation sites (tertiary alicyclic amines) is 1. The van der Waals surface area contributed by atoms with Crippen LogP contribution in [0.25, 0.3) is 0 Å². The number of halogens is 1. The van der Waals surface area contributed by atoms with Crippen molar-refractivity contribution < 1.29 is 9.53 Å². The molecule has 1 saturated heterocycles. The van der Waals surface area contributed by atoms with Crippen molar-refractivity contribution in [3.05, 3.63) is 29.3 Å². The number of ether oxygens (including phenoxy) is 1. The molecule has 2 aliphatic carbocycles. The molecule has 1 amide bonds. The van der Waals surface area contributed by atoms with Crippen molar-refractivity contribution in [1.82, 2.24) is 9.80 Å². The minimum absolute atomic E-state index is 0. The van der Waals surface area contributed by atoms with Gasteiger partial charge in [-0.15, -0.1) is 12.4 Å². The highest BCUT2D eigenvalue weighted by Crippen LogP contribution is 2.44. The molecule has 0 aromatic heterocycles. The quantitative estimate of drug-likeness (QED) is 0.685. The first-order valence-corrected chi connectivity index (χ1v) is 10.9. The molecule has 4 rings (SSSR count). The molecule has 5 heteroatoms. The van der Waals surface area contributed by atoms with Crippen molar-refractivity contribution in [2.75, 3.05) is 27.2 Å². The van der Waals surface area contributed by atoms with Gasteiger partial charge in [0.1, 0.15) is 5.75 Å². The Morgan fingerprint density at radius 3 is 2.68 bits per heavy atom. The molecule has 156 valence electrons. The SMILES string of the molecule is CN(C)C(=O)Oc1cccc2c1CC[C@H]1[C@@H]2CCN1CCC1CCCCC1.Cl. The van der Waals surface area contributed by atoms with Crippen molar-refractivity contribution in [1.29, 1.82) is 0 Å². The van der Waals surface area contributed by atoms with E-state index in [1.807, 2.05) is 6.07 Å². The maximum absolute atomic E-state index is 12.0. The molecule has 1 heterocycles. The van der Waals surface area contributed by atoms with Crippen molar-refractivity contribution in [3.63, 3.8) is 0 Å². The minimum Gasteiger partial charge on any atom is -0.410 e. The van der Waals surface area contributed by atoms with E-state index < -0.39 is 0 Å². The van der Waals surface area contributed by atoms with Gasteiger partial charge in [0.05, 0.1) is 0 Å². The Labute approximate surface area is 176 Å². The summed E-state index contributed by atoms with van der Waals surface area (Å²) in [5.74, 6) is 2.34. The van der Waals surface area contributed by atoms with Gasteiger partial charge in [0, 0.05) is 26.1 Å². The molecule has 2 atom stereocenters. The summed E-state index contributed by atoms with van der Waals surface area (Å²) >= 11 is 0. The first-order valence-electron chi connectivity index (χ1n) is 10.9. The summed E-state index contributed by atoms with van der Waals surface area (Å²) in [5.41, 5.74) is 2.69. The topological polar surface area (TPSA) is 32.8 Å². The first kappa shape index (κ1) is 21.4. The second kappa shape index (κ2) is 9.49. The van der Waals surface area contributed by atoms with E-state index in [4.69, 9.17) is 4.74 Å². The summed E-state index contributed by atoms with van der Waals surface area (Å²) in [7, 11) is 3.46. The third-order valence-electron chi connectivity index (χ3n) is 7.03. The van der Waals surface area contributed by atoms with Crippen LogP contribution in [0.15, 0.2) is 18.2 Å². The van der Waals surface area contributed by atoms with Crippen molar-refractivity contribution in [2.45, 2.75) is 69.7 Å². The van der Waals surface area contributed by atoms with E-state index in [9.17, 15) is 4.79 Å². The molecule has 0 N–H and O–H groups in total. The predicted molar refractivity (Wildman–Crippen MR) is 116 cm³/mol. The fraction of sp³-hybridized carbons (Fsp3) is 0.696. The van der Waals surface area contributed by atoms with Crippen LogP contribution < -0.4 is 4.74 Å². The van der Waals surface area contributed by atoms with Crippen LogP contribution >= 0.6 is 12.4 Å². The molecular weight excluding hydrogens is 372 g/mol. The Balaban J connectivity index is 0.00000225. The highest BCUT2D eigenvalue weighted by molar-refractivity contribution is 5.85. The average Bonchev–Trinajstić information content (AvgIpc) is 3.11. The fourth-order valence-corrected chi connectivity index (χ4v) is 5.54. The van der Waals surface area contributed by atoms with E-state index >= 15 is 0 Å². The number of nitrogens with zero attached hydrogens (tertiary/aromatic N) is 2. The van der Waals surface area contributed by atoms with E-state index in [1.54, 1.807) is 14.1 Å². The Morgan fingerprint density at radius 1 is 1.14 bits per heavy atom. The second-order valence-electron chi connectivity index (χ2n) is 8.92. The summed E-state index contributed by atoms with van der Waals surface area (Å²) in [6, 6.07) is 6.96. The number of amides is 1. The number of fused-ring (bicyclic) bond motifs is 3. The number of rotatable bonds is 4. The summed E-state index contributed by atoms with van der Waals surface area (Å²) in [6.45, 7) is 2.50. The van der Waals surface area contributed by atoms with E-state index in [2.05, 4.69) is 17.0 Å². The fourth-order valence-electron chi connectivity index (χ4n) is 5.54. The lowest BCUT2D eigenvalue weighted by Crippen LogP contribution is -2.36. The molecule has 1 saturated carbocycles. The van der Waals surface area contributed by atoms with Gasteiger partial charge in [-0.1, -0.05) is 44.2 Å². The molecule has 1 aromatic carbocycles. The molecule has 1 aliphatic heterocycles. The van der Waals surface area contributed by atoms with Crippen LogP contribution in [0.4, 0.5) is 4.79 Å². The molecule has 0 bridgehead atoms. The average molecular weight is 407 g/mol. The largest absolute Gasteiger partial charge is 0.414 e. The zero-order valence-corrected chi connectivity index (χ0v) is 18.2. The summed E-state index contributed by atoms with van der Waals surface area (Å²) in [6.07, 6.45) is 11.8. The minimum atomic E-state index is -0.286. The van der Waals surface area contributed by atoms with Gasteiger partial charge in [0.15, 0.2) is 0 Å². The first-order chi connectivity index (χ1) is 13.1. The summed E-state index contributed by atoms with van der Waals surface area (Å²) in [5, 5.41) is 0. The molecule has 3 aliphatic rings. The van der Waals surface area contributed by atoms with Crippen LogP contribution in [-0.2, 0) is 6.42 Å². The Kier molecular flexibility index (Phi) is 7.27. The Bertz CT molecular complexity index is 673. The molecule has 0 radical (unpaired) electrons. The zero-order valence-electron chi connectivity index (χ0n) is 17.4. The maximum atomic E-state index is 12.0. The molecule has 2 fully saturated rings. The van der Waals surface area contributed by atoms with E-state index in [0.29, 0.717) is 12.0 Å². The molecule has 4 nitrogen and oxygen atoms in total. The van der Waals surface area contributed by atoms with Gasteiger partial charge in [-0.25, -0.2) is 4.79 Å². The van der Waals surface area contributed by atoms with Gasteiger partial charge >= 0.3 is 6.09 Å². The summed E-state index contributed by atoms with van der Waals surface area (Å²) in [4.78, 5) is 16.3. The van der Waals surface area contributed by atoms with Crippen LogP contribution in [0.2, 0.25) is 0 Å². The van der Waals surface area contributed by atoms with E-state index in [-0.39, 0.29) is 18.5 Å². The monoisotopic (exact) mass is 406 g/mol. The zero-order chi connectivity index (χ0) is 18.8. The highest BCUT2D eigenvalue weighted by Gasteiger charge is 2.39. The molecule has 0 unspecified atom stereocenters. The number of hydrogen-bond donors (Lipinski definition) is 0. The number of benzene rings is 1. The smallest absolute Gasteiger partial charge is 0.410 e. The maximum Gasteiger partial charge on any atom is 0.414 e. The van der Waals surface area contributed by atoms with Crippen LogP contribution in [0.1, 0.15) is 68.4 Å². The number of carbonyl (C=O) groups excluding carboxylic acids is 1. The Morgan fingerprint density at radius 2 is 1.93 bits per heavy atom. The van der Waals surface area contributed by atoms with Crippen LogP contribution in [0.3, 0.4) is 0 Å². The van der Waals surface area contributed by atoms with Crippen molar-refractivity contribution in [3.8, 4) is 5.75 Å². The van der Waals surface area contributed by atoms with Gasteiger partial charge in [-0.2, -0.15) is 0 Å². The van der Waals surface area contributed by atoms with Crippen LogP contribution in [0.5, 0.6) is 5.75 Å². The van der Waals surface area contributed by atoms with E-state index in [0.717, 1.165) is 18.1 Å². The van der Waals surface area contributed by atoms with Crippen molar-refractivity contribution in [2.24, 2.45) is 5.92 Å². The standard InChI is InChI=1S/C23H34N2O2.ClH/c1-24(2)23(26)27-22-10-6-9-18-19-14-16-25(21(19)12-11-20(18)22)15-13-17-7-4-3-5-8-17;/h6,9-10,17,19,21H,3-5,7-8,11-16H2,1-2H3;1H/t19-,21+;/m1./s1. The molecule has 0 spiro atoms. The lowest BCUT2D eigenvalue weighted by molar-refractivity contribution is 0.170. The molecular formula is C23H35ClN2O2. The lowest BCUT2D eigenvalue weighted by Gasteiger charge is -2.35. The lowest BCUT2D eigenvalue weighted by atomic mass is 9.79. The van der Waals surface area contributed by atoms with Gasteiger partial charge in [0.2, 0.25) is 0 Å². The molecule has 1 aromatic rings. The Hall–Kier alpha value is -1.26. The normalized spacial score (nSPS) is 24.8. The van der Waals surface area contributed by atoms with Gasteiger partial charge < -0.3 is 9.64 Å². The number of hydrogen-bond acceptors (Lipinski definition) is 3. The van der Waals surface area contributed by atoms with E-state index in [1.165, 1.54) is 80.5 Å². The highest BCUT2D eigenvalue weighted by atomic mass is 35.5. The van der Waals surface area contributed by atoms with Gasteiger partial charge in [0.25, 0.3) is 0 Å². The third-order valence-corrected chi connectivity index (χ3v) is 7.03. The van der Waals surface area contributed by atoms with Crippen molar-refractivity contribution >= 4 is 18.5 Å². The van der Waals surface area contributed by atoms with Crippen LogP contribution in [0, 0.1) is 5.92 Å². The molecule has 28 heavy (non-hydrogen) atoms. The summed E-state index contributed by atoms with van der Waals surface area (Å²) < 4.78 is 5.65. The predicted octanol–water partition coefficient (Wildman–Crippen LogP) is 5.24. The van der Waals surface area contributed by atoms with Gasteiger partial charge in [-0.05, 0) is 61.9 Å². The number of carbonyl (C=O) groups is 1. The van der Waals surface area contributed by atoms with Crippen LogP contribution in [-0.4, -0.2) is 49.1 Å². The second-order valence-corrected chi connectivity index (χ2v) is 8.92. The third kappa shape index (κ3) is 4.49. The van der Waals surface area contributed by atoms with Gasteiger partial charge in [-0.3, -0.25) is 4.90 Å².